The van der Waals surface area contributed by atoms with Gasteiger partial charge in [-0.1, -0.05) is 38.1 Å². The molecule has 0 amide bonds. The molecule has 0 aliphatic rings. The van der Waals surface area contributed by atoms with Gasteiger partial charge in [-0.25, -0.2) is 0 Å². The number of nitrogens with two attached hydrogens (primary N) is 2. The molecular weight excluding hydrogens is 200 g/mol. The fourth-order valence-electron chi connectivity index (χ4n) is 1.50. The highest BCUT2D eigenvalue weighted by molar-refractivity contribution is 5.75. The molecule has 88 valence electrons. The van der Waals surface area contributed by atoms with Gasteiger partial charge >= 0.3 is 0 Å². The smallest absolute Gasteiger partial charge is 0.208 e. The summed E-state index contributed by atoms with van der Waals surface area (Å²) in [4.78, 5) is 0. The average Bonchev–Trinajstić information content (AvgIpc) is 2.16. The molecule has 0 aromatic heterocycles. The van der Waals surface area contributed by atoms with E-state index in [4.69, 9.17) is 11.5 Å². The first-order valence-electron chi connectivity index (χ1n) is 5.38. The van der Waals surface area contributed by atoms with E-state index in [0.29, 0.717) is 12.5 Å². The number of hydrogen-bond acceptors (Lipinski definition) is 2. The number of hydrogen-bond donors (Lipinski definition) is 2. The molecule has 4 nitrogen and oxygen atoms in total. The van der Waals surface area contributed by atoms with E-state index in [1.807, 2.05) is 7.05 Å². The van der Waals surface area contributed by atoms with Gasteiger partial charge in [-0.15, -0.1) is 5.10 Å². The van der Waals surface area contributed by atoms with Gasteiger partial charge in [-0.2, -0.15) is 0 Å². The van der Waals surface area contributed by atoms with Gasteiger partial charge in [0.2, 0.25) is 5.96 Å². The van der Waals surface area contributed by atoms with Crippen LogP contribution in [0.25, 0.3) is 0 Å². The molecule has 1 aromatic rings. The molecule has 0 saturated heterocycles. The Kier molecular flexibility index (Phi) is 4.17. The molecule has 0 spiro atoms. The minimum Gasteiger partial charge on any atom is -0.369 e. The predicted octanol–water partition coefficient (Wildman–Crippen LogP) is 1.43. The number of guanidine groups is 1. The third-order valence-corrected chi connectivity index (χ3v) is 2.34. The lowest BCUT2D eigenvalue weighted by molar-refractivity contribution is 0.346. The first kappa shape index (κ1) is 12.4. The van der Waals surface area contributed by atoms with Crippen molar-refractivity contribution in [2.75, 3.05) is 7.05 Å². The van der Waals surface area contributed by atoms with Crippen LogP contribution in [-0.4, -0.2) is 18.0 Å². The summed E-state index contributed by atoms with van der Waals surface area (Å²) in [5.74, 6) is 0.644. The first-order valence-corrected chi connectivity index (χ1v) is 5.38. The van der Waals surface area contributed by atoms with Crippen molar-refractivity contribution in [1.82, 2.24) is 5.01 Å². The van der Waals surface area contributed by atoms with E-state index in [1.54, 1.807) is 5.01 Å². The maximum absolute atomic E-state index is 5.30. The van der Waals surface area contributed by atoms with Crippen LogP contribution in [-0.2, 0) is 6.54 Å². The van der Waals surface area contributed by atoms with Crippen LogP contribution < -0.4 is 11.5 Å². The molecule has 0 saturated carbocycles. The maximum atomic E-state index is 5.30. The van der Waals surface area contributed by atoms with Crippen LogP contribution in [0.5, 0.6) is 0 Å². The zero-order valence-corrected chi connectivity index (χ0v) is 10.1. The summed E-state index contributed by atoms with van der Waals surface area (Å²) < 4.78 is 0. The Morgan fingerprint density at radius 1 is 1.25 bits per heavy atom. The van der Waals surface area contributed by atoms with Crippen LogP contribution in [0, 0.1) is 0 Å². The van der Waals surface area contributed by atoms with Crippen LogP contribution in [0.1, 0.15) is 30.9 Å². The molecule has 0 heterocycles. The Bertz CT molecular complexity index is 350. The highest BCUT2D eigenvalue weighted by atomic mass is 15.5. The lowest BCUT2D eigenvalue weighted by atomic mass is 10.0. The monoisotopic (exact) mass is 220 g/mol. The summed E-state index contributed by atoms with van der Waals surface area (Å²) in [7, 11) is 1.84. The zero-order chi connectivity index (χ0) is 12.1. The van der Waals surface area contributed by atoms with E-state index in [0.717, 1.165) is 0 Å². The summed E-state index contributed by atoms with van der Waals surface area (Å²) in [6, 6.07) is 8.49. The largest absolute Gasteiger partial charge is 0.369 e. The lowest BCUT2D eigenvalue weighted by Crippen LogP contribution is -2.27. The van der Waals surface area contributed by atoms with Gasteiger partial charge in [-0.3, -0.25) is 5.01 Å². The molecule has 4 heteroatoms. The van der Waals surface area contributed by atoms with Crippen molar-refractivity contribution in [3.8, 4) is 0 Å². The topological polar surface area (TPSA) is 67.6 Å². The van der Waals surface area contributed by atoms with Crippen molar-refractivity contribution >= 4 is 5.96 Å². The van der Waals surface area contributed by atoms with E-state index >= 15 is 0 Å². The van der Waals surface area contributed by atoms with E-state index in [2.05, 4.69) is 43.2 Å². The summed E-state index contributed by atoms with van der Waals surface area (Å²) in [5.41, 5.74) is 13.1. The van der Waals surface area contributed by atoms with Crippen molar-refractivity contribution < 1.29 is 0 Å². The third-order valence-electron chi connectivity index (χ3n) is 2.34. The van der Waals surface area contributed by atoms with Gasteiger partial charge in [0.25, 0.3) is 0 Å². The number of benzene rings is 1. The van der Waals surface area contributed by atoms with E-state index < -0.39 is 0 Å². The Labute approximate surface area is 96.9 Å². The number of nitrogens with zero attached hydrogens (tertiary/aromatic N) is 2. The van der Waals surface area contributed by atoms with Gasteiger partial charge in [0.15, 0.2) is 0 Å². The second-order valence-electron chi connectivity index (χ2n) is 4.24. The molecule has 0 bridgehead atoms. The highest BCUT2D eigenvalue weighted by Crippen LogP contribution is 2.15. The third kappa shape index (κ3) is 3.81. The van der Waals surface area contributed by atoms with Gasteiger partial charge in [0.05, 0.1) is 6.54 Å². The minimum absolute atomic E-state index is 0.0845. The van der Waals surface area contributed by atoms with Crippen molar-refractivity contribution in [3.05, 3.63) is 35.4 Å². The standard InChI is InChI=1S/C12H20N4/c1-9(2)11-6-4-10(5-7-11)8-16(3)15-12(13)14/h4-7,9H,8H2,1-3H3,(H4,13,14,15). The number of hydrazone groups is 1. The minimum atomic E-state index is 0.0845. The SMILES string of the molecule is CC(C)c1ccc(CN(C)N=C(N)N)cc1. The van der Waals surface area contributed by atoms with Gasteiger partial charge in [0, 0.05) is 7.05 Å². The summed E-state index contributed by atoms with van der Waals surface area (Å²) in [6.45, 7) is 5.07. The molecule has 4 N–H and O–H groups in total. The van der Waals surface area contributed by atoms with Crippen LogP contribution in [0.3, 0.4) is 0 Å². The van der Waals surface area contributed by atoms with Gasteiger partial charge in [0.1, 0.15) is 0 Å². The fraction of sp³-hybridized carbons (Fsp3) is 0.417. The highest BCUT2D eigenvalue weighted by Gasteiger charge is 2.00. The molecule has 1 aromatic carbocycles. The molecule has 1 rings (SSSR count). The summed E-state index contributed by atoms with van der Waals surface area (Å²) in [5, 5.41) is 5.66. The quantitative estimate of drug-likeness (QED) is 0.458. The predicted molar refractivity (Wildman–Crippen MR) is 67.8 cm³/mol. The van der Waals surface area contributed by atoms with Gasteiger partial charge < -0.3 is 11.5 Å². The molecule has 0 radical (unpaired) electrons. The average molecular weight is 220 g/mol. The second-order valence-corrected chi connectivity index (χ2v) is 4.24. The Balaban J connectivity index is 2.65. The van der Waals surface area contributed by atoms with Gasteiger partial charge in [-0.05, 0) is 17.0 Å². The first-order chi connectivity index (χ1) is 7.49. The molecule has 16 heavy (non-hydrogen) atoms. The zero-order valence-electron chi connectivity index (χ0n) is 10.1. The Morgan fingerprint density at radius 2 is 1.81 bits per heavy atom. The van der Waals surface area contributed by atoms with Crippen LogP contribution in [0.15, 0.2) is 29.4 Å². The number of rotatable bonds is 4. The van der Waals surface area contributed by atoms with Crippen LogP contribution >= 0.6 is 0 Å². The molecular formula is C12H20N4. The Morgan fingerprint density at radius 3 is 2.25 bits per heavy atom. The van der Waals surface area contributed by atoms with Crippen molar-refractivity contribution in [3.63, 3.8) is 0 Å². The Hall–Kier alpha value is -1.71. The summed E-state index contributed by atoms with van der Waals surface area (Å²) in [6.07, 6.45) is 0. The maximum Gasteiger partial charge on any atom is 0.208 e. The van der Waals surface area contributed by atoms with E-state index in [-0.39, 0.29) is 5.96 Å². The molecule has 0 aliphatic heterocycles. The van der Waals surface area contributed by atoms with Crippen LogP contribution in [0.4, 0.5) is 0 Å². The van der Waals surface area contributed by atoms with Crippen molar-refractivity contribution in [2.24, 2.45) is 16.6 Å². The molecule has 0 atom stereocenters. The van der Waals surface area contributed by atoms with Crippen molar-refractivity contribution in [2.45, 2.75) is 26.3 Å². The molecule has 0 unspecified atom stereocenters. The van der Waals surface area contributed by atoms with Crippen molar-refractivity contribution in [1.29, 1.82) is 0 Å². The van der Waals surface area contributed by atoms with Crippen LogP contribution in [0.2, 0.25) is 0 Å². The normalized spacial score (nSPS) is 10.2. The molecule has 0 fully saturated rings. The lowest BCUT2D eigenvalue weighted by Gasteiger charge is -2.13. The second kappa shape index (κ2) is 5.39. The van der Waals surface area contributed by atoms with E-state index in [1.165, 1.54) is 11.1 Å². The van der Waals surface area contributed by atoms with E-state index in [9.17, 15) is 0 Å². The fourth-order valence-corrected chi connectivity index (χ4v) is 1.50. The molecule has 0 aliphatic carbocycles. The summed E-state index contributed by atoms with van der Waals surface area (Å²) >= 11 is 0.